The van der Waals surface area contributed by atoms with E-state index in [9.17, 15) is 9.59 Å². The second-order valence-corrected chi connectivity index (χ2v) is 8.01. The molecular formula is C17H26N2O3S. The van der Waals surface area contributed by atoms with E-state index in [0.29, 0.717) is 6.54 Å². The van der Waals surface area contributed by atoms with Gasteiger partial charge in [-0.15, -0.1) is 11.3 Å². The smallest absolute Gasteiger partial charge is 0.407 e. The summed E-state index contributed by atoms with van der Waals surface area (Å²) in [4.78, 5) is 27.0. The molecule has 1 saturated heterocycles. The van der Waals surface area contributed by atoms with E-state index in [1.54, 1.807) is 0 Å². The molecule has 128 valence electrons. The number of nitrogens with one attached hydrogen (secondary N) is 1. The molecule has 0 bridgehead atoms. The minimum Gasteiger partial charge on any atom is -0.444 e. The average Bonchev–Trinajstić information content (AvgIpc) is 2.98. The van der Waals surface area contributed by atoms with Gasteiger partial charge in [-0.05, 0) is 57.9 Å². The molecule has 1 aromatic heterocycles. The van der Waals surface area contributed by atoms with Crippen molar-refractivity contribution in [3.05, 3.63) is 22.4 Å². The Kier molecular flexibility index (Phi) is 5.68. The molecule has 0 aromatic carbocycles. The van der Waals surface area contributed by atoms with E-state index in [0.717, 1.165) is 24.3 Å². The van der Waals surface area contributed by atoms with Crippen molar-refractivity contribution >= 4 is 23.3 Å². The molecule has 2 unspecified atom stereocenters. The van der Waals surface area contributed by atoms with Gasteiger partial charge < -0.3 is 15.0 Å². The van der Waals surface area contributed by atoms with Crippen LogP contribution in [0.2, 0.25) is 0 Å². The Hall–Kier alpha value is -1.56. The summed E-state index contributed by atoms with van der Waals surface area (Å²) in [7, 11) is 0. The van der Waals surface area contributed by atoms with Gasteiger partial charge in [0, 0.05) is 19.1 Å². The summed E-state index contributed by atoms with van der Waals surface area (Å²) in [5, 5.41) is 4.82. The standard InChI is InChI=1S/C17H26N2O3S/c1-12(18-16(21)22-17(2,3)4)13-7-5-9-19(11-13)15(20)14-8-6-10-23-14/h6,8,10,12-13H,5,7,9,11H2,1-4H3,(H,18,21). The fourth-order valence-corrected chi connectivity index (χ4v) is 3.46. The number of carbonyl (C=O) groups excluding carboxylic acids is 2. The SMILES string of the molecule is CC(NC(=O)OC(C)(C)C)C1CCCN(C(=O)c2cccs2)C1. The van der Waals surface area contributed by atoms with Gasteiger partial charge in [0.05, 0.1) is 4.88 Å². The van der Waals surface area contributed by atoms with E-state index < -0.39 is 11.7 Å². The van der Waals surface area contributed by atoms with Crippen molar-refractivity contribution in [2.45, 2.75) is 52.2 Å². The van der Waals surface area contributed by atoms with E-state index in [4.69, 9.17) is 4.74 Å². The van der Waals surface area contributed by atoms with E-state index in [1.165, 1.54) is 11.3 Å². The minimum atomic E-state index is -0.502. The highest BCUT2D eigenvalue weighted by Gasteiger charge is 2.29. The molecule has 0 spiro atoms. The Morgan fingerprint density at radius 2 is 2.17 bits per heavy atom. The van der Waals surface area contributed by atoms with Gasteiger partial charge in [0.1, 0.15) is 5.60 Å². The lowest BCUT2D eigenvalue weighted by atomic mass is 9.91. The van der Waals surface area contributed by atoms with Gasteiger partial charge in [-0.25, -0.2) is 4.79 Å². The molecule has 1 fully saturated rings. The summed E-state index contributed by atoms with van der Waals surface area (Å²) in [5.74, 6) is 0.342. The van der Waals surface area contributed by atoms with Crippen LogP contribution >= 0.6 is 11.3 Å². The van der Waals surface area contributed by atoms with Gasteiger partial charge in [0.25, 0.3) is 5.91 Å². The lowest BCUT2D eigenvalue weighted by Gasteiger charge is -2.36. The van der Waals surface area contributed by atoms with Crippen LogP contribution in [-0.2, 0) is 4.74 Å². The number of alkyl carbamates (subject to hydrolysis) is 1. The Bertz CT molecular complexity index is 537. The monoisotopic (exact) mass is 338 g/mol. The number of thiophene rings is 1. The first kappa shape index (κ1) is 17.8. The third-order valence-electron chi connectivity index (χ3n) is 3.93. The molecule has 6 heteroatoms. The first-order valence-corrected chi connectivity index (χ1v) is 8.96. The highest BCUT2D eigenvalue weighted by Crippen LogP contribution is 2.23. The summed E-state index contributed by atoms with van der Waals surface area (Å²) in [6.07, 6.45) is 1.57. The molecule has 5 nitrogen and oxygen atoms in total. The predicted molar refractivity (Wildman–Crippen MR) is 91.8 cm³/mol. The highest BCUT2D eigenvalue weighted by atomic mass is 32.1. The molecule has 0 saturated carbocycles. The van der Waals surface area contributed by atoms with Gasteiger partial charge >= 0.3 is 6.09 Å². The Labute approximate surface area is 142 Å². The number of nitrogens with zero attached hydrogens (tertiary/aromatic N) is 1. The number of ether oxygens (including phenoxy) is 1. The molecule has 1 aromatic rings. The predicted octanol–water partition coefficient (Wildman–Crippen LogP) is 3.51. The number of likely N-dealkylation sites (tertiary alicyclic amines) is 1. The first-order chi connectivity index (χ1) is 10.8. The second kappa shape index (κ2) is 7.34. The molecule has 23 heavy (non-hydrogen) atoms. The Morgan fingerprint density at radius 1 is 1.43 bits per heavy atom. The van der Waals surface area contributed by atoms with Gasteiger partial charge in [-0.2, -0.15) is 0 Å². The summed E-state index contributed by atoms with van der Waals surface area (Å²) >= 11 is 1.47. The zero-order chi connectivity index (χ0) is 17.0. The van der Waals surface area contributed by atoms with Crippen LogP contribution in [0.25, 0.3) is 0 Å². The maximum absolute atomic E-state index is 12.5. The fourth-order valence-electron chi connectivity index (χ4n) is 2.77. The van der Waals surface area contributed by atoms with Crippen LogP contribution in [0.1, 0.15) is 50.2 Å². The molecule has 2 amide bonds. The molecule has 1 N–H and O–H groups in total. The summed E-state index contributed by atoms with van der Waals surface area (Å²) in [6.45, 7) is 8.98. The van der Waals surface area contributed by atoms with Crippen molar-refractivity contribution in [1.29, 1.82) is 0 Å². The zero-order valence-corrected chi connectivity index (χ0v) is 15.1. The van der Waals surface area contributed by atoms with Crippen LogP contribution in [0.15, 0.2) is 17.5 Å². The number of hydrogen-bond acceptors (Lipinski definition) is 4. The van der Waals surface area contributed by atoms with Crippen molar-refractivity contribution in [3.8, 4) is 0 Å². The third kappa shape index (κ3) is 5.23. The minimum absolute atomic E-state index is 0.0243. The second-order valence-electron chi connectivity index (χ2n) is 7.07. The Balaban J connectivity index is 1.90. The fraction of sp³-hybridized carbons (Fsp3) is 0.647. The molecule has 0 aliphatic carbocycles. The van der Waals surface area contributed by atoms with Crippen molar-refractivity contribution in [2.75, 3.05) is 13.1 Å². The lowest BCUT2D eigenvalue weighted by molar-refractivity contribution is 0.0461. The number of rotatable bonds is 3. The van der Waals surface area contributed by atoms with Gasteiger partial charge in [0.2, 0.25) is 0 Å². The summed E-state index contributed by atoms with van der Waals surface area (Å²) < 4.78 is 5.30. The van der Waals surface area contributed by atoms with Crippen molar-refractivity contribution < 1.29 is 14.3 Å². The van der Waals surface area contributed by atoms with Gasteiger partial charge in [0.15, 0.2) is 0 Å². The normalized spacial score (nSPS) is 20.0. The number of carbonyl (C=O) groups is 2. The average molecular weight is 338 g/mol. The van der Waals surface area contributed by atoms with Gasteiger partial charge in [-0.3, -0.25) is 4.79 Å². The van der Waals surface area contributed by atoms with Gasteiger partial charge in [-0.1, -0.05) is 6.07 Å². The van der Waals surface area contributed by atoms with Crippen LogP contribution < -0.4 is 5.32 Å². The number of piperidine rings is 1. The molecule has 0 radical (unpaired) electrons. The number of hydrogen-bond donors (Lipinski definition) is 1. The molecule has 1 aliphatic rings. The highest BCUT2D eigenvalue weighted by molar-refractivity contribution is 7.12. The van der Waals surface area contributed by atoms with Crippen molar-refractivity contribution in [3.63, 3.8) is 0 Å². The Morgan fingerprint density at radius 3 is 2.78 bits per heavy atom. The molecule has 2 atom stereocenters. The van der Waals surface area contributed by atoms with E-state index >= 15 is 0 Å². The van der Waals surface area contributed by atoms with Crippen LogP contribution in [0.5, 0.6) is 0 Å². The van der Waals surface area contributed by atoms with Crippen molar-refractivity contribution in [1.82, 2.24) is 10.2 Å². The lowest BCUT2D eigenvalue weighted by Crippen LogP contribution is -2.48. The maximum atomic E-state index is 12.5. The molecule has 1 aliphatic heterocycles. The molecule has 2 rings (SSSR count). The van der Waals surface area contributed by atoms with Crippen molar-refractivity contribution in [2.24, 2.45) is 5.92 Å². The van der Waals surface area contributed by atoms with Crippen LogP contribution in [0, 0.1) is 5.92 Å². The summed E-state index contributed by atoms with van der Waals surface area (Å²) in [5.41, 5.74) is -0.502. The van der Waals surface area contributed by atoms with Crippen LogP contribution in [-0.4, -0.2) is 41.6 Å². The van der Waals surface area contributed by atoms with E-state index in [2.05, 4.69) is 5.32 Å². The number of amides is 2. The van der Waals surface area contributed by atoms with E-state index in [-0.39, 0.29) is 17.9 Å². The maximum Gasteiger partial charge on any atom is 0.407 e. The largest absolute Gasteiger partial charge is 0.444 e. The summed E-state index contributed by atoms with van der Waals surface area (Å²) in [6, 6.07) is 3.73. The third-order valence-corrected chi connectivity index (χ3v) is 4.79. The quantitative estimate of drug-likeness (QED) is 0.917. The topological polar surface area (TPSA) is 58.6 Å². The molecular weight excluding hydrogens is 312 g/mol. The molecule has 2 heterocycles. The zero-order valence-electron chi connectivity index (χ0n) is 14.3. The van der Waals surface area contributed by atoms with Crippen LogP contribution in [0.4, 0.5) is 4.79 Å². The first-order valence-electron chi connectivity index (χ1n) is 8.08. The van der Waals surface area contributed by atoms with E-state index in [1.807, 2.05) is 50.1 Å². The van der Waals surface area contributed by atoms with Crippen LogP contribution in [0.3, 0.4) is 0 Å².